The molecule has 0 saturated heterocycles. The summed E-state index contributed by atoms with van der Waals surface area (Å²) in [5.74, 6) is 0.794. The average Bonchev–Trinajstić information content (AvgIpc) is 2.46. The van der Waals surface area contributed by atoms with Crippen LogP contribution >= 0.6 is 0 Å². The van der Waals surface area contributed by atoms with Gasteiger partial charge in [0.05, 0.1) is 12.2 Å². The third kappa shape index (κ3) is 3.24. The fraction of sp³-hybridized carbons (Fsp3) is 0.600. The molecule has 4 heteroatoms. The van der Waals surface area contributed by atoms with Crippen LogP contribution in [0.3, 0.4) is 0 Å². The van der Waals surface area contributed by atoms with Crippen LogP contribution in [-0.4, -0.2) is 31.8 Å². The van der Waals surface area contributed by atoms with Crippen LogP contribution in [0.1, 0.15) is 36.6 Å². The lowest BCUT2D eigenvalue weighted by atomic mass is 9.95. The lowest BCUT2D eigenvalue weighted by Gasteiger charge is -2.23. The van der Waals surface area contributed by atoms with Crippen molar-refractivity contribution in [1.82, 2.24) is 4.98 Å². The van der Waals surface area contributed by atoms with Gasteiger partial charge in [0.25, 0.3) is 0 Å². The summed E-state index contributed by atoms with van der Waals surface area (Å²) in [6, 6.07) is 4.29. The van der Waals surface area contributed by atoms with Gasteiger partial charge in [0.2, 0.25) is 0 Å². The molecule has 0 aliphatic heterocycles. The first-order chi connectivity index (χ1) is 9.26. The third-order valence-corrected chi connectivity index (χ3v) is 3.54. The Morgan fingerprint density at radius 1 is 1.42 bits per heavy atom. The van der Waals surface area contributed by atoms with Crippen molar-refractivity contribution >= 4 is 5.82 Å². The van der Waals surface area contributed by atoms with Gasteiger partial charge in [0, 0.05) is 25.9 Å². The Bertz CT molecular complexity index is 479. The van der Waals surface area contributed by atoms with E-state index in [0.717, 1.165) is 31.8 Å². The van der Waals surface area contributed by atoms with Crippen molar-refractivity contribution in [3.63, 3.8) is 0 Å². The fourth-order valence-corrected chi connectivity index (χ4v) is 2.45. The summed E-state index contributed by atoms with van der Waals surface area (Å²) >= 11 is 0. The molecule has 0 bridgehead atoms. The summed E-state index contributed by atoms with van der Waals surface area (Å²) in [4.78, 5) is 6.73. The number of rotatable bonds is 5. The van der Waals surface area contributed by atoms with Gasteiger partial charge in [-0.05, 0) is 44.2 Å². The molecule has 0 amide bonds. The van der Waals surface area contributed by atoms with E-state index in [4.69, 9.17) is 9.72 Å². The predicted molar refractivity (Wildman–Crippen MR) is 75.4 cm³/mol. The highest BCUT2D eigenvalue weighted by Crippen LogP contribution is 2.25. The summed E-state index contributed by atoms with van der Waals surface area (Å²) in [7, 11) is 1.97. The molecule has 1 aromatic rings. The molecule has 19 heavy (non-hydrogen) atoms. The number of likely N-dealkylation sites (N-methyl/N-ethyl adjacent to an activating group) is 1. The van der Waals surface area contributed by atoms with Gasteiger partial charge >= 0.3 is 0 Å². The van der Waals surface area contributed by atoms with Crippen molar-refractivity contribution in [1.29, 1.82) is 5.26 Å². The number of aryl methyl sites for hydroxylation is 2. The van der Waals surface area contributed by atoms with Crippen LogP contribution in [0.4, 0.5) is 5.82 Å². The van der Waals surface area contributed by atoms with Crippen molar-refractivity contribution < 1.29 is 4.74 Å². The molecule has 0 spiro atoms. The van der Waals surface area contributed by atoms with E-state index in [9.17, 15) is 5.26 Å². The van der Waals surface area contributed by atoms with Crippen LogP contribution in [-0.2, 0) is 17.6 Å². The number of hydrogen-bond acceptors (Lipinski definition) is 4. The molecule has 0 N–H and O–H groups in total. The zero-order chi connectivity index (χ0) is 13.7. The van der Waals surface area contributed by atoms with E-state index in [0.29, 0.717) is 12.2 Å². The molecule has 2 rings (SSSR count). The maximum atomic E-state index is 9.29. The minimum atomic E-state index is 0.663. The molecular weight excluding hydrogens is 238 g/mol. The topological polar surface area (TPSA) is 49.1 Å². The van der Waals surface area contributed by atoms with Crippen LogP contribution < -0.4 is 4.90 Å². The SMILES string of the molecule is CCOCCN(C)c1nc2c(cc1C#N)CCCC2. The Hall–Kier alpha value is -1.60. The van der Waals surface area contributed by atoms with Crippen LogP contribution in [0.2, 0.25) is 0 Å². The number of ether oxygens (including phenoxy) is 1. The molecule has 1 aromatic heterocycles. The average molecular weight is 259 g/mol. The molecule has 0 aromatic carbocycles. The highest BCUT2D eigenvalue weighted by atomic mass is 16.5. The van der Waals surface area contributed by atoms with Crippen molar-refractivity contribution in [3.8, 4) is 6.07 Å². The lowest BCUT2D eigenvalue weighted by Crippen LogP contribution is -2.25. The Labute approximate surface area is 115 Å². The number of nitriles is 1. The Balaban J connectivity index is 2.21. The summed E-state index contributed by atoms with van der Waals surface area (Å²) in [6.45, 7) is 4.12. The number of hydrogen-bond donors (Lipinski definition) is 0. The standard InChI is InChI=1S/C15H21N3O/c1-3-19-9-8-18(2)15-13(11-16)10-12-6-4-5-7-14(12)17-15/h10H,3-9H2,1-2H3. The van der Waals surface area contributed by atoms with Gasteiger partial charge in [-0.1, -0.05) is 0 Å². The second-order valence-electron chi connectivity index (χ2n) is 4.90. The Morgan fingerprint density at radius 3 is 2.95 bits per heavy atom. The molecule has 0 atom stereocenters. The van der Waals surface area contributed by atoms with Gasteiger partial charge in [-0.2, -0.15) is 5.26 Å². The number of pyridine rings is 1. The summed E-state index contributed by atoms with van der Waals surface area (Å²) in [6.07, 6.45) is 4.50. The smallest absolute Gasteiger partial charge is 0.146 e. The highest BCUT2D eigenvalue weighted by molar-refractivity contribution is 5.56. The molecule has 1 aliphatic carbocycles. The lowest BCUT2D eigenvalue weighted by molar-refractivity contribution is 0.154. The molecule has 0 unspecified atom stereocenters. The maximum Gasteiger partial charge on any atom is 0.146 e. The van der Waals surface area contributed by atoms with E-state index in [2.05, 4.69) is 6.07 Å². The second kappa shape index (κ2) is 6.53. The summed E-state index contributed by atoms with van der Waals surface area (Å²) in [5, 5.41) is 9.29. The van der Waals surface area contributed by atoms with Crippen molar-refractivity contribution in [2.45, 2.75) is 32.6 Å². The minimum Gasteiger partial charge on any atom is -0.380 e. The first-order valence-electron chi connectivity index (χ1n) is 6.98. The molecule has 0 fully saturated rings. The Morgan fingerprint density at radius 2 is 2.21 bits per heavy atom. The normalized spacial score (nSPS) is 13.7. The summed E-state index contributed by atoms with van der Waals surface area (Å²) in [5.41, 5.74) is 3.10. The number of anilines is 1. The van der Waals surface area contributed by atoms with Crippen LogP contribution in [0.25, 0.3) is 0 Å². The first kappa shape index (κ1) is 13.8. The van der Waals surface area contributed by atoms with E-state index in [1.807, 2.05) is 24.9 Å². The van der Waals surface area contributed by atoms with Crippen LogP contribution in [0, 0.1) is 11.3 Å². The number of aromatic nitrogens is 1. The van der Waals surface area contributed by atoms with E-state index in [1.54, 1.807) is 0 Å². The van der Waals surface area contributed by atoms with E-state index in [1.165, 1.54) is 24.1 Å². The summed E-state index contributed by atoms with van der Waals surface area (Å²) < 4.78 is 5.36. The fourth-order valence-electron chi connectivity index (χ4n) is 2.45. The quantitative estimate of drug-likeness (QED) is 0.761. The maximum absolute atomic E-state index is 9.29. The van der Waals surface area contributed by atoms with Gasteiger partial charge in [-0.3, -0.25) is 0 Å². The second-order valence-corrected chi connectivity index (χ2v) is 4.90. The Kier molecular flexibility index (Phi) is 4.75. The number of fused-ring (bicyclic) bond motifs is 1. The van der Waals surface area contributed by atoms with Gasteiger partial charge < -0.3 is 9.64 Å². The van der Waals surface area contributed by atoms with Crippen LogP contribution in [0.15, 0.2) is 6.07 Å². The molecule has 1 heterocycles. The zero-order valence-corrected chi connectivity index (χ0v) is 11.8. The molecule has 0 radical (unpaired) electrons. The minimum absolute atomic E-state index is 0.663. The van der Waals surface area contributed by atoms with Gasteiger partial charge in [0.1, 0.15) is 11.9 Å². The van der Waals surface area contributed by atoms with Gasteiger partial charge in [-0.25, -0.2) is 4.98 Å². The molecule has 102 valence electrons. The predicted octanol–water partition coefficient (Wildman–Crippen LogP) is 2.30. The van der Waals surface area contributed by atoms with Gasteiger partial charge in [-0.15, -0.1) is 0 Å². The monoisotopic (exact) mass is 259 g/mol. The zero-order valence-electron chi connectivity index (χ0n) is 11.8. The largest absolute Gasteiger partial charge is 0.380 e. The van der Waals surface area contributed by atoms with Crippen LogP contribution in [0.5, 0.6) is 0 Å². The molecule has 4 nitrogen and oxygen atoms in total. The molecular formula is C15H21N3O. The first-order valence-corrected chi connectivity index (χ1v) is 6.98. The highest BCUT2D eigenvalue weighted by Gasteiger charge is 2.17. The van der Waals surface area contributed by atoms with Crippen molar-refractivity contribution in [2.24, 2.45) is 0 Å². The van der Waals surface area contributed by atoms with E-state index in [-0.39, 0.29) is 0 Å². The van der Waals surface area contributed by atoms with Gasteiger partial charge in [0.15, 0.2) is 0 Å². The van der Waals surface area contributed by atoms with Crippen molar-refractivity contribution in [2.75, 3.05) is 31.7 Å². The molecule has 0 saturated carbocycles. The van der Waals surface area contributed by atoms with E-state index >= 15 is 0 Å². The van der Waals surface area contributed by atoms with Crippen molar-refractivity contribution in [3.05, 3.63) is 22.9 Å². The third-order valence-electron chi connectivity index (χ3n) is 3.54. The number of nitrogens with zero attached hydrogens (tertiary/aromatic N) is 3. The van der Waals surface area contributed by atoms with E-state index < -0.39 is 0 Å². The molecule has 1 aliphatic rings.